The van der Waals surface area contributed by atoms with E-state index in [4.69, 9.17) is 11.6 Å². The van der Waals surface area contributed by atoms with Crippen LogP contribution in [0.1, 0.15) is 16.2 Å². The monoisotopic (exact) mass is 457 g/mol. The Labute approximate surface area is 184 Å². The third-order valence-corrected chi connectivity index (χ3v) is 7.80. The summed E-state index contributed by atoms with van der Waals surface area (Å²) in [6.07, 6.45) is 0. The molecule has 0 aliphatic carbocycles. The minimum atomic E-state index is -3.54. The van der Waals surface area contributed by atoms with Crippen molar-refractivity contribution in [2.24, 2.45) is 0 Å². The largest absolute Gasteiger partial charge is 0.362 e. The number of benzene rings is 2. The number of ketones is 1. The van der Waals surface area contributed by atoms with E-state index in [2.05, 4.69) is 20.2 Å². The normalized spacial score (nSPS) is 17.6. The van der Waals surface area contributed by atoms with Crippen LogP contribution in [0.15, 0.2) is 47.4 Å². The summed E-state index contributed by atoms with van der Waals surface area (Å²) in [4.78, 5) is 23.8. The number of hydrogen-bond acceptors (Lipinski definition) is 7. The number of carbonyl (C=O) groups is 1. The highest BCUT2D eigenvalue weighted by Gasteiger charge is 2.29. The van der Waals surface area contributed by atoms with E-state index in [0.717, 1.165) is 10.9 Å². The molecule has 10 heteroatoms. The summed E-state index contributed by atoms with van der Waals surface area (Å²) < 4.78 is 27.2. The number of anilines is 1. The van der Waals surface area contributed by atoms with Crippen molar-refractivity contribution in [1.29, 1.82) is 0 Å². The van der Waals surface area contributed by atoms with Crippen molar-refractivity contribution in [1.82, 2.24) is 19.2 Å². The van der Waals surface area contributed by atoms with Crippen LogP contribution in [0.5, 0.6) is 0 Å². The zero-order valence-electron chi connectivity index (χ0n) is 16.6. The highest BCUT2D eigenvalue weighted by atomic mass is 35.5. The summed E-state index contributed by atoms with van der Waals surface area (Å²) in [7, 11) is -3.54. The lowest BCUT2D eigenvalue weighted by molar-refractivity contribution is 0.101. The summed E-state index contributed by atoms with van der Waals surface area (Å²) in [6, 6.07) is 11.8. The van der Waals surface area contributed by atoms with Crippen molar-refractivity contribution in [2.75, 3.05) is 38.0 Å². The Hall–Kier alpha value is -2.59. The summed E-state index contributed by atoms with van der Waals surface area (Å²) in [5.41, 5.74) is 1.39. The van der Waals surface area contributed by atoms with Gasteiger partial charge in [0.25, 0.3) is 0 Å². The van der Waals surface area contributed by atoms with Crippen LogP contribution in [0.4, 0.5) is 5.82 Å². The predicted molar refractivity (Wildman–Crippen MR) is 118 cm³/mol. The van der Waals surface area contributed by atoms with Gasteiger partial charge in [0.2, 0.25) is 10.0 Å². The van der Waals surface area contributed by atoms with Crippen molar-refractivity contribution in [3.05, 3.63) is 58.9 Å². The predicted octanol–water partition coefficient (Wildman–Crippen LogP) is 2.40. The average molecular weight is 458 g/mol. The van der Waals surface area contributed by atoms with Crippen molar-refractivity contribution >= 4 is 44.1 Å². The molecule has 1 N–H and O–H groups in total. The number of hydrogen-bond donors (Lipinski definition) is 1. The second-order valence-corrected chi connectivity index (χ2v) is 9.97. The van der Waals surface area contributed by atoms with Gasteiger partial charge in [0, 0.05) is 36.8 Å². The minimum absolute atomic E-state index is 0.0347. The summed E-state index contributed by atoms with van der Waals surface area (Å²) in [5, 5.41) is 4.36. The lowest BCUT2D eigenvalue weighted by Crippen LogP contribution is -2.48. The van der Waals surface area contributed by atoms with E-state index in [1.54, 1.807) is 18.2 Å². The van der Waals surface area contributed by atoms with Gasteiger partial charge >= 0.3 is 0 Å². The number of aromatic nitrogens is 2. The maximum Gasteiger partial charge on any atom is 0.243 e. The molecule has 0 amide bonds. The van der Waals surface area contributed by atoms with Gasteiger partial charge in [-0.25, -0.2) is 18.4 Å². The molecule has 0 atom stereocenters. The van der Waals surface area contributed by atoms with E-state index in [9.17, 15) is 13.2 Å². The average Bonchev–Trinajstić information content (AvgIpc) is 2.77. The van der Waals surface area contributed by atoms with E-state index in [0.29, 0.717) is 55.0 Å². The molecule has 0 bridgehead atoms. The first-order chi connectivity index (χ1) is 14.9. The molecule has 5 rings (SSSR count). The molecule has 8 nitrogen and oxygen atoms in total. The number of halogens is 1. The van der Waals surface area contributed by atoms with Crippen molar-refractivity contribution in [3.8, 4) is 0 Å². The van der Waals surface area contributed by atoms with Gasteiger partial charge in [0.15, 0.2) is 5.78 Å². The van der Waals surface area contributed by atoms with E-state index >= 15 is 0 Å². The Kier molecular flexibility index (Phi) is 5.13. The molecule has 3 heterocycles. The summed E-state index contributed by atoms with van der Waals surface area (Å²) >= 11 is 5.87. The number of rotatable bonds is 4. The van der Waals surface area contributed by atoms with E-state index < -0.39 is 10.0 Å². The zero-order chi connectivity index (χ0) is 21.6. The van der Waals surface area contributed by atoms with Crippen LogP contribution < -0.4 is 5.32 Å². The Morgan fingerprint density at radius 3 is 2.48 bits per heavy atom. The first-order valence-electron chi connectivity index (χ1n) is 9.96. The lowest BCUT2D eigenvalue weighted by Gasteiger charge is -2.33. The number of nitrogens with zero attached hydrogens (tertiary/aromatic N) is 4. The number of nitrogens with one attached hydrogen (secondary N) is 1. The number of piperazine rings is 1. The molecular weight excluding hydrogens is 438 g/mol. The number of Topliss-reactive ketones (excluding diaryl/α,β-unsaturated/α-hetero) is 1. The van der Waals surface area contributed by atoms with Crippen LogP contribution in [0, 0.1) is 0 Å². The highest BCUT2D eigenvalue weighted by Crippen LogP contribution is 2.28. The molecule has 0 radical (unpaired) electrons. The van der Waals surface area contributed by atoms with Crippen molar-refractivity contribution in [3.63, 3.8) is 0 Å². The molecule has 2 aromatic carbocycles. The second-order valence-electron chi connectivity index (χ2n) is 7.60. The van der Waals surface area contributed by atoms with Crippen LogP contribution in [0.25, 0.3) is 10.9 Å². The molecular formula is C21H20ClN5O3S. The van der Waals surface area contributed by atoms with Gasteiger partial charge in [-0.05, 0) is 30.3 Å². The van der Waals surface area contributed by atoms with Gasteiger partial charge in [-0.3, -0.25) is 9.69 Å². The second kappa shape index (κ2) is 7.83. The zero-order valence-corrected chi connectivity index (χ0v) is 18.2. The number of carbonyl (C=O) groups excluding carboxylic acids is 1. The van der Waals surface area contributed by atoms with Crippen LogP contribution in [-0.4, -0.2) is 66.1 Å². The molecule has 1 fully saturated rings. The molecule has 1 saturated heterocycles. The highest BCUT2D eigenvalue weighted by molar-refractivity contribution is 7.89. The SMILES string of the molecule is O=C1CNc2nc(CN3CCN(S(=O)(=O)c4ccc(Cl)cc4)CC3)nc3cccc1c23. The fourth-order valence-electron chi connectivity index (χ4n) is 4.01. The lowest BCUT2D eigenvalue weighted by atomic mass is 10.0. The first kappa shape index (κ1) is 20.3. The molecule has 31 heavy (non-hydrogen) atoms. The Morgan fingerprint density at radius 1 is 1.00 bits per heavy atom. The van der Waals surface area contributed by atoms with E-state index in [1.165, 1.54) is 16.4 Å². The smallest absolute Gasteiger partial charge is 0.243 e. The van der Waals surface area contributed by atoms with Crippen LogP contribution in [0.2, 0.25) is 5.02 Å². The standard InChI is InChI=1S/C21H20ClN5O3S/c22-14-4-6-15(7-5-14)31(29,30)27-10-8-26(9-11-27)13-19-24-17-3-1-2-16-18(28)12-23-21(25-19)20(16)17/h1-7H,8-13H2,(H,23,24,25). The Bertz CT molecular complexity index is 1270. The summed E-state index contributed by atoms with van der Waals surface area (Å²) in [5.74, 6) is 1.36. The van der Waals surface area contributed by atoms with Gasteiger partial charge in [-0.2, -0.15) is 4.31 Å². The van der Waals surface area contributed by atoms with Crippen molar-refractivity contribution in [2.45, 2.75) is 11.4 Å². The quantitative estimate of drug-likeness (QED) is 0.642. The van der Waals surface area contributed by atoms with Crippen LogP contribution in [-0.2, 0) is 16.6 Å². The maximum atomic E-state index is 12.9. The topological polar surface area (TPSA) is 95.5 Å². The Morgan fingerprint density at radius 2 is 1.74 bits per heavy atom. The van der Waals surface area contributed by atoms with Crippen molar-refractivity contribution < 1.29 is 13.2 Å². The first-order valence-corrected chi connectivity index (χ1v) is 11.8. The molecule has 160 valence electrons. The third kappa shape index (κ3) is 3.78. The van der Waals surface area contributed by atoms with Gasteiger partial charge in [0.1, 0.15) is 11.6 Å². The molecule has 1 aromatic heterocycles. The third-order valence-electron chi connectivity index (χ3n) is 5.63. The van der Waals surface area contributed by atoms with Gasteiger partial charge in [-0.1, -0.05) is 23.7 Å². The maximum absolute atomic E-state index is 12.9. The minimum Gasteiger partial charge on any atom is -0.362 e. The van der Waals surface area contributed by atoms with E-state index in [-0.39, 0.29) is 17.2 Å². The van der Waals surface area contributed by atoms with Gasteiger partial charge in [0.05, 0.1) is 28.9 Å². The van der Waals surface area contributed by atoms with Crippen LogP contribution in [0.3, 0.4) is 0 Å². The molecule has 2 aliphatic rings. The van der Waals surface area contributed by atoms with Gasteiger partial charge in [-0.15, -0.1) is 0 Å². The Balaban J connectivity index is 1.31. The van der Waals surface area contributed by atoms with Gasteiger partial charge < -0.3 is 5.32 Å². The number of sulfonamides is 1. The molecule has 0 saturated carbocycles. The molecule has 3 aromatic rings. The van der Waals surface area contributed by atoms with E-state index in [1.807, 2.05) is 12.1 Å². The molecule has 0 unspecified atom stereocenters. The fourth-order valence-corrected chi connectivity index (χ4v) is 5.55. The fraction of sp³-hybridized carbons (Fsp3) is 0.286. The summed E-state index contributed by atoms with van der Waals surface area (Å²) in [6.45, 7) is 2.68. The van der Waals surface area contributed by atoms with Crippen LogP contribution >= 0.6 is 11.6 Å². The molecule has 2 aliphatic heterocycles. The molecule has 0 spiro atoms.